The fraction of sp³-hybridized carbons (Fsp3) is 0.154. The molecular weight excluding hydrogens is 346 g/mol. The molecule has 0 unspecified atom stereocenters. The van der Waals surface area contributed by atoms with E-state index >= 15 is 0 Å². The Morgan fingerprint density at radius 2 is 1.58 bits per heavy atom. The van der Waals surface area contributed by atoms with Gasteiger partial charge in [-0.15, -0.1) is 0 Å². The van der Waals surface area contributed by atoms with Gasteiger partial charge in [-0.1, -0.05) is 18.2 Å². The van der Waals surface area contributed by atoms with Gasteiger partial charge in [0, 0.05) is 0 Å². The van der Waals surface area contributed by atoms with Crippen LogP contribution in [-0.2, 0) is 9.59 Å². The van der Waals surface area contributed by atoms with Gasteiger partial charge in [0.15, 0.2) is 11.3 Å². The fourth-order valence-electron chi connectivity index (χ4n) is 1.94. The van der Waals surface area contributed by atoms with Crippen molar-refractivity contribution < 1.29 is 41.0 Å². The quantitative estimate of drug-likeness (QED) is 0.657. The predicted octanol–water partition coefficient (Wildman–Crippen LogP) is 2.90. The molecule has 1 aromatic carbocycles. The molecule has 0 spiro atoms. The van der Waals surface area contributed by atoms with Crippen LogP contribution in [-0.4, -0.2) is 35.0 Å². The average molecular weight is 352 g/mol. The highest BCUT2D eigenvalue weighted by molar-refractivity contribution is 6.34. The van der Waals surface area contributed by atoms with E-state index in [0.717, 1.165) is 12.1 Å². The van der Waals surface area contributed by atoms with Crippen molar-refractivity contribution in [3.63, 3.8) is 0 Å². The summed E-state index contributed by atoms with van der Waals surface area (Å²) in [5.74, 6) is -4.54. The summed E-state index contributed by atoms with van der Waals surface area (Å²) in [7, 11) is 0. The van der Waals surface area contributed by atoms with Gasteiger partial charge in [-0.2, -0.15) is 36.5 Å². The molecule has 0 saturated heterocycles. The molecule has 0 fully saturated rings. The zero-order valence-corrected chi connectivity index (χ0v) is 11.3. The molecule has 1 aliphatic heterocycles. The van der Waals surface area contributed by atoms with Crippen LogP contribution in [0.5, 0.6) is 0 Å². The molecule has 1 aliphatic rings. The normalized spacial score (nSPS) is 17.8. The Kier molecular flexibility index (Phi) is 4.12. The molecule has 0 aliphatic carbocycles. The van der Waals surface area contributed by atoms with Crippen molar-refractivity contribution in [3.8, 4) is 0 Å². The summed E-state index contributed by atoms with van der Waals surface area (Å²) in [5.41, 5.74) is -7.13. The largest absolute Gasteiger partial charge is 0.478 e. The van der Waals surface area contributed by atoms with Crippen molar-refractivity contribution in [2.24, 2.45) is 5.10 Å². The van der Waals surface area contributed by atoms with Gasteiger partial charge in [0.25, 0.3) is 5.91 Å². The van der Waals surface area contributed by atoms with E-state index in [-0.39, 0.29) is 10.7 Å². The third-order valence-corrected chi connectivity index (χ3v) is 2.86. The van der Waals surface area contributed by atoms with Crippen molar-refractivity contribution >= 4 is 23.3 Å². The van der Waals surface area contributed by atoms with Crippen LogP contribution < -0.4 is 5.01 Å². The van der Waals surface area contributed by atoms with Gasteiger partial charge in [-0.05, 0) is 12.1 Å². The lowest BCUT2D eigenvalue weighted by Crippen LogP contribution is -2.33. The zero-order chi connectivity index (χ0) is 18.3. The third kappa shape index (κ3) is 3.09. The molecule has 1 amide bonds. The number of para-hydroxylation sites is 1. The smallest absolute Gasteiger partial charge is 0.435 e. The summed E-state index contributed by atoms with van der Waals surface area (Å²) in [4.78, 5) is 22.9. The molecule has 0 saturated carbocycles. The first-order chi connectivity index (χ1) is 10.9. The highest BCUT2D eigenvalue weighted by Gasteiger charge is 2.54. The van der Waals surface area contributed by atoms with E-state index in [2.05, 4.69) is 5.10 Å². The molecular formula is C13H6F6N2O3. The molecule has 1 N–H and O–H groups in total. The second-order valence-corrected chi connectivity index (χ2v) is 4.45. The fourth-order valence-corrected chi connectivity index (χ4v) is 1.94. The number of amides is 1. The van der Waals surface area contributed by atoms with E-state index in [9.17, 15) is 35.9 Å². The molecule has 0 bridgehead atoms. The van der Waals surface area contributed by atoms with E-state index in [0.29, 0.717) is 0 Å². The number of benzene rings is 1. The molecule has 2 rings (SSSR count). The Hall–Kier alpha value is -2.85. The highest BCUT2D eigenvalue weighted by atomic mass is 19.4. The van der Waals surface area contributed by atoms with E-state index in [1.54, 1.807) is 0 Å². The van der Waals surface area contributed by atoms with Gasteiger partial charge >= 0.3 is 18.3 Å². The molecule has 11 heteroatoms. The SMILES string of the molecule is O=C(O)C(=C1C(=O)N(c2ccccc2)N=C1C(F)(F)F)C(F)(F)F. The van der Waals surface area contributed by atoms with E-state index in [1.807, 2.05) is 0 Å². The third-order valence-electron chi connectivity index (χ3n) is 2.86. The zero-order valence-electron chi connectivity index (χ0n) is 11.3. The second kappa shape index (κ2) is 5.65. The van der Waals surface area contributed by atoms with Crippen LogP contribution in [0, 0.1) is 0 Å². The van der Waals surface area contributed by atoms with Crippen LogP contribution >= 0.6 is 0 Å². The van der Waals surface area contributed by atoms with Gasteiger partial charge in [-0.3, -0.25) is 4.79 Å². The monoisotopic (exact) mass is 352 g/mol. The second-order valence-electron chi connectivity index (χ2n) is 4.45. The minimum atomic E-state index is -5.68. The number of hydrogen-bond acceptors (Lipinski definition) is 3. The van der Waals surface area contributed by atoms with Crippen LogP contribution in [0.4, 0.5) is 32.0 Å². The number of carboxylic acids is 1. The summed E-state index contributed by atoms with van der Waals surface area (Å²) < 4.78 is 77.5. The molecule has 0 atom stereocenters. The van der Waals surface area contributed by atoms with E-state index in [1.165, 1.54) is 18.2 Å². The number of carbonyl (C=O) groups is 2. The van der Waals surface area contributed by atoms with Gasteiger partial charge < -0.3 is 5.11 Å². The first kappa shape index (κ1) is 17.5. The summed E-state index contributed by atoms with van der Waals surface area (Å²) in [5, 5.41) is 11.6. The number of nitrogens with zero attached hydrogens (tertiary/aromatic N) is 2. The van der Waals surface area contributed by atoms with Gasteiger partial charge in [-0.25, -0.2) is 4.79 Å². The Labute approximate surface area is 129 Å². The number of carbonyl (C=O) groups excluding carboxylic acids is 1. The summed E-state index contributed by atoms with van der Waals surface area (Å²) >= 11 is 0. The summed E-state index contributed by atoms with van der Waals surface area (Å²) in [6, 6.07) is 6.34. The van der Waals surface area contributed by atoms with Crippen molar-refractivity contribution in [2.45, 2.75) is 12.4 Å². The van der Waals surface area contributed by atoms with Gasteiger partial charge in [0.1, 0.15) is 0 Å². The van der Waals surface area contributed by atoms with Crippen molar-refractivity contribution in [1.29, 1.82) is 0 Å². The van der Waals surface area contributed by atoms with Crippen molar-refractivity contribution in [3.05, 3.63) is 41.5 Å². The van der Waals surface area contributed by atoms with Crippen molar-refractivity contribution in [1.82, 2.24) is 0 Å². The lowest BCUT2D eigenvalue weighted by molar-refractivity contribution is -0.145. The number of hydrazone groups is 1. The molecule has 24 heavy (non-hydrogen) atoms. The van der Waals surface area contributed by atoms with Crippen LogP contribution in [0.2, 0.25) is 0 Å². The van der Waals surface area contributed by atoms with Crippen LogP contribution in [0.15, 0.2) is 46.6 Å². The average Bonchev–Trinajstić information content (AvgIpc) is 2.76. The Morgan fingerprint density at radius 1 is 1.04 bits per heavy atom. The van der Waals surface area contributed by atoms with Crippen LogP contribution in [0.3, 0.4) is 0 Å². The predicted molar refractivity (Wildman–Crippen MR) is 68.1 cm³/mol. The Morgan fingerprint density at radius 3 is 2.00 bits per heavy atom. The standard InChI is InChI=1S/C13H6F6N2O3/c14-12(15,16)8(11(23)24)7-9(13(17,18)19)20-21(10(7)22)6-4-2-1-3-5-6/h1-5H,(H,23,24). The van der Waals surface area contributed by atoms with Gasteiger partial charge in [0.2, 0.25) is 0 Å². The van der Waals surface area contributed by atoms with Crippen LogP contribution in [0.25, 0.3) is 0 Å². The summed E-state index contributed by atoms with van der Waals surface area (Å²) in [6.07, 6.45) is -11.1. The number of carboxylic acid groups (broad SMARTS) is 1. The first-order valence-electron chi connectivity index (χ1n) is 6.05. The van der Waals surface area contributed by atoms with E-state index in [4.69, 9.17) is 5.11 Å². The molecule has 0 radical (unpaired) electrons. The minimum absolute atomic E-state index is 0.0762. The first-order valence-corrected chi connectivity index (χ1v) is 6.05. The maximum atomic E-state index is 13.0. The van der Waals surface area contributed by atoms with Crippen molar-refractivity contribution in [2.75, 3.05) is 5.01 Å². The molecule has 0 aromatic heterocycles. The topological polar surface area (TPSA) is 70.0 Å². The number of hydrogen-bond donors (Lipinski definition) is 1. The lowest BCUT2D eigenvalue weighted by Gasteiger charge is -2.13. The maximum Gasteiger partial charge on any atom is 0.435 e. The van der Waals surface area contributed by atoms with E-state index < -0.39 is 41.1 Å². The molecule has 1 aromatic rings. The molecule has 1 heterocycles. The maximum absolute atomic E-state index is 13.0. The lowest BCUT2D eigenvalue weighted by atomic mass is 10.0. The van der Waals surface area contributed by atoms with Crippen LogP contribution in [0.1, 0.15) is 0 Å². The number of anilines is 1. The number of halogens is 6. The number of alkyl halides is 6. The number of rotatable bonds is 2. The number of aliphatic carboxylic acids is 1. The highest BCUT2D eigenvalue weighted by Crippen LogP contribution is 2.37. The minimum Gasteiger partial charge on any atom is -0.478 e. The Balaban J connectivity index is 2.74. The Bertz CT molecular complexity index is 749. The molecule has 5 nitrogen and oxygen atoms in total. The molecule has 128 valence electrons. The van der Waals surface area contributed by atoms with Gasteiger partial charge in [0.05, 0.1) is 11.3 Å². The summed E-state index contributed by atoms with van der Waals surface area (Å²) in [6.45, 7) is 0.